The fourth-order valence-corrected chi connectivity index (χ4v) is 3.10. The molecule has 1 heterocycles. The van der Waals surface area contributed by atoms with Crippen LogP contribution in [0.15, 0.2) is 30.5 Å². The highest BCUT2D eigenvalue weighted by molar-refractivity contribution is 6.35. The fourth-order valence-electron chi connectivity index (χ4n) is 2.10. The third-order valence-corrected chi connectivity index (χ3v) is 4.15. The van der Waals surface area contributed by atoms with Gasteiger partial charge in [-0.25, -0.2) is 0 Å². The molecule has 6 heteroatoms. The summed E-state index contributed by atoms with van der Waals surface area (Å²) in [4.78, 5) is 4.34. The van der Waals surface area contributed by atoms with Crippen LogP contribution in [0.3, 0.4) is 0 Å². The normalized spacial score (nSPS) is 12.4. The number of hydrogen-bond acceptors (Lipinski definition) is 2. The molecule has 0 radical (unpaired) electrons. The summed E-state index contributed by atoms with van der Waals surface area (Å²) in [5.41, 5.74) is 1.74. The highest BCUT2D eigenvalue weighted by Gasteiger charge is 2.18. The molecule has 1 unspecified atom stereocenters. The van der Waals surface area contributed by atoms with Crippen LogP contribution in [0.4, 0.5) is 0 Å². The van der Waals surface area contributed by atoms with Crippen molar-refractivity contribution in [3.8, 4) is 0 Å². The van der Waals surface area contributed by atoms with E-state index in [0.29, 0.717) is 26.5 Å². The predicted molar refractivity (Wildman–Crippen MR) is 90.8 cm³/mol. The second-order valence-electron chi connectivity index (χ2n) is 4.57. The zero-order valence-corrected chi connectivity index (χ0v) is 14.4. The first-order chi connectivity index (χ1) is 10.0. The maximum absolute atomic E-state index is 6.25. The molecule has 21 heavy (non-hydrogen) atoms. The third kappa shape index (κ3) is 4.48. The lowest BCUT2D eigenvalue weighted by Crippen LogP contribution is -2.24. The number of nitrogens with zero attached hydrogens (tertiary/aromatic N) is 1. The first kappa shape index (κ1) is 16.9. The first-order valence-corrected chi connectivity index (χ1v) is 8.00. The van der Waals surface area contributed by atoms with Crippen LogP contribution in [0.1, 0.15) is 24.2 Å². The summed E-state index contributed by atoms with van der Waals surface area (Å²) in [7, 11) is 0. The fraction of sp³-hybridized carbons (Fsp3) is 0.267. The van der Waals surface area contributed by atoms with E-state index >= 15 is 0 Å². The largest absolute Gasteiger partial charge is 0.309 e. The minimum atomic E-state index is -0.0431. The quantitative estimate of drug-likeness (QED) is 0.748. The number of likely N-dealkylation sites (N-methyl/N-ethyl adjacent to an activating group) is 1. The summed E-state index contributed by atoms with van der Waals surface area (Å²) in [6, 6.07) is 7.12. The number of halogens is 4. The van der Waals surface area contributed by atoms with Crippen LogP contribution in [0.25, 0.3) is 0 Å². The molecule has 0 aliphatic rings. The number of nitrogens with one attached hydrogen (secondary N) is 1. The van der Waals surface area contributed by atoms with E-state index in [1.54, 1.807) is 18.3 Å². The summed E-state index contributed by atoms with van der Waals surface area (Å²) in [5, 5.41) is 5.68. The van der Waals surface area contributed by atoms with Gasteiger partial charge in [0.2, 0.25) is 0 Å². The first-order valence-electron chi connectivity index (χ1n) is 6.49. The van der Waals surface area contributed by atoms with Crippen LogP contribution in [0.2, 0.25) is 20.1 Å². The Kier molecular flexibility index (Phi) is 6.15. The van der Waals surface area contributed by atoms with Gasteiger partial charge < -0.3 is 5.32 Å². The summed E-state index contributed by atoms with van der Waals surface area (Å²) in [6.07, 6.45) is 2.26. The molecule has 112 valence electrons. The Bertz CT molecular complexity index is 631. The van der Waals surface area contributed by atoms with Gasteiger partial charge in [0.25, 0.3) is 0 Å². The van der Waals surface area contributed by atoms with Crippen molar-refractivity contribution >= 4 is 46.4 Å². The third-order valence-electron chi connectivity index (χ3n) is 3.06. The van der Waals surface area contributed by atoms with E-state index in [1.807, 2.05) is 19.1 Å². The van der Waals surface area contributed by atoms with E-state index in [-0.39, 0.29) is 6.04 Å². The van der Waals surface area contributed by atoms with Crippen molar-refractivity contribution in [2.75, 3.05) is 6.54 Å². The Labute approximate surface area is 144 Å². The van der Waals surface area contributed by atoms with Crippen LogP contribution < -0.4 is 5.32 Å². The zero-order valence-electron chi connectivity index (χ0n) is 11.3. The molecule has 0 saturated heterocycles. The molecule has 0 fully saturated rings. The summed E-state index contributed by atoms with van der Waals surface area (Å²) in [6.45, 7) is 2.82. The topological polar surface area (TPSA) is 24.9 Å². The van der Waals surface area contributed by atoms with Crippen LogP contribution in [-0.4, -0.2) is 11.5 Å². The van der Waals surface area contributed by atoms with Crippen LogP contribution in [0.5, 0.6) is 0 Å². The van der Waals surface area contributed by atoms with E-state index in [4.69, 9.17) is 46.4 Å². The van der Waals surface area contributed by atoms with Crippen molar-refractivity contribution in [1.29, 1.82) is 0 Å². The highest BCUT2D eigenvalue weighted by Crippen LogP contribution is 2.29. The number of hydrogen-bond donors (Lipinski definition) is 1. The molecule has 1 aromatic carbocycles. The van der Waals surface area contributed by atoms with Gasteiger partial charge in [0.05, 0.1) is 21.8 Å². The molecule has 0 spiro atoms. The molecule has 0 aliphatic carbocycles. The number of aromatic nitrogens is 1. The Hall–Kier alpha value is -0.510. The Morgan fingerprint density at radius 2 is 1.76 bits per heavy atom. The average Bonchev–Trinajstić information content (AvgIpc) is 2.41. The maximum atomic E-state index is 6.25. The molecule has 1 aromatic heterocycles. The average molecular weight is 364 g/mol. The minimum Gasteiger partial charge on any atom is -0.309 e. The monoisotopic (exact) mass is 362 g/mol. The van der Waals surface area contributed by atoms with Gasteiger partial charge in [0, 0.05) is 16.2 Å². The Morgan fingerprint density at radius 1 is 1.05 bits per heavy atom. The summed E-state index contributed by atoms with van der Waals surface area (Å²) >= 11 is 24.3. The van der Waals surface area contributed by atoms with Crippen LogP contribution in [-0.2, 0) is 6.42 Å². The van der Waals surface area contributed by atoms with Crippen molar-refractivity contribution in [2.45, 2.75) is 19.4 Å². The van der Waals surface area contributed by atoms with Gasteiger partial charge in [-0.2, -0.15) is 0 Å². The van der Waals surface area contributed by atoms with Gasteiger partial charge in [0.15, 0.2) is 0 Å². The molecule has 2 nitrogen and oxygen atoms in total. The SMILES string of the molecule is CCNC(Cc1ccc(Cl)cc1Cl)c1ncc(Cl)cc1Cl. The molecule has 0 aliphatic heterocycles. The van der Waals surface area contributed by atoms with Gasteiger partial charge in [0.1, 0.15) is 0 Å². The van der Waals surface area contributed by atoms with Gasteiger partial charge in [-0.1, -0.05) is 59.4 Å². The van der Waals surface area contributed by atoms with Gasteiger partial charge >= 0.3 is 0 Å². The highest BCUT2D eigenvalue weighted by atomic mass is 35.5. The lowest BCUT2D eigenvalue weighted by atomic mass is 10.0. The molecule has 2 rings (SSSR count). The molecular weight excluding hydrogens is 350 g/mol. The predicted octanol–water partition coefficient (Wildman–Crippen LogP) is 5.59. The number of pyridine rings is 1. The van der Waals surface area contributed by atoms with Crippen molar-refractivity contribution in [2.24, 2.45) is 0 Å². The van der Waals surface area contributed by atoms with Crippen LogP contribution >= 0.6 is 46.4 Å². The molecular formula is C15H14Cl4N2. The Morgan fingerprint density at radius 3 is 2.38 bits per heavy atom. The summed E-state index contributed by atoms with van der Waals surface area (Å²) < 4.78 is 0. The lowest BCUT2D eigenvalue weighted by molar-refractivity contribution is 0.537. The zero-order chi connectivity index (χ0) is 15.4. The van der Waals surface area contributed by atoms with Crippen molar-refractivity contribution < 1.29 is 0 Å². The van der Waals surface area contributed by atoms with E-state index in [2.05, 4.69) is 10.3 Å². The molecule has 1 N–H and O–H groups in total. The van der Waals surface area contributed by atoms with Crippen molar-refractivity contribution in [1.82, 2.24) is 10.3 Å². The number of rotatable bonds is 5. The van der Waals surface area contributed by atoms with Gasteiger partial charge in [-0.05, 0) is 36.7 Å². The molecule has 0 bridgehead atoms. The maximum Gasteiger partial charge on any atom is 0.0763 e. The van der Waals surface area contributed by atoms with Crippen molar-refractivity contribution in [3.63, 3.8) is 0 Å². The second-order valence-corrected chi connectivity index (χ2v) is 6.26. The minimum absolute atomic E-state index is 0.0431. The number of benzene rings is 1. The second kappa shape index (κ2) is 7.66. The Balaban J connectivity index is 2.30. The lowest BCUT2D eigenvalue weighted by Gasteiger charge is -2.19. The summed E-state index contributed by atoms with van der Waals surface area (Å²) in [5.74, 6) is 0. The van der Waals surface area contributed by atoms with Gasteiger partial charge in [-0.3, -0.25) is 4.98 Å². The van der Waals surface area contributed by atoms with E-state index in [9.17, 15) is 0 Å². The van der Waals surface area contributed by atoms with Crippen molar-refractivity contribution in [3.05, 3.63) is 61.8 Å². The van der Waals surface area contributed by atoms with Gasteiger partial charge in [-0.15, -0.1) is 0 Å². The standard InChI is InChI=1S/C15H14Cl4N2/c1-2-20-14(15-13(19)7-11(17)8-21-15)5-9-3-4-10(16)6-12(9)18/h3-4,6-8,14,20H,2,5H2,1H3. The molecule has 0 saturated carbocycles. The molecule has 1 atom stereocenters. The smallest absolute Gasteiger partial charge is 0.0763 e. The van der Waals surface area contributed by atoms with E-state index in [0.717, 1.165) is 17.8 Å². The van der Waals surface area contributed by atoms with Crippen LogP contribution in [0, 0.1) is 0 Å². The molecule has 0 amide bonds. The van der Waals surface area contributed by atoms with E-state index < -0.39 is 0 Å². The van der Waals surface area contributed by atoms with E-state index in [1.165, 1.54) is 0 Å². The molecule has 2 aromatic rings.